The molecule has 0 spiro atoms. The van der Waals surface area contributed by atoms with E-state index in [1.54, 1.807) is 30.3 Å². The minimum absolute atomic E-state index is 0.212. The number of pyridine rings is 1. The number of nitrogens with zero attached hydrogens (tertiary/aromatic N) is 6. The first kappa shape index (κ1) is 51.6. The largest absolute Gasteiger partial charge is 0.467 e. The molecule has 0 bridgehead atoms. The van der Waals surface area contributed by atoms with Crippen LogP contribution in [0.1, 0.15) is 83.7 Å². The summed E-state index contributed by atoms with van der Waals surface area (Å²) in [6.07, 6.45) is 5.90. The number of likely N-dealkylation sites (N-methyl/N-ethyl adjacent to an activating group) is 1. The Morgan fingerprint density at radius 1 is 1.06 bits per heavy atom. The fraction of sp³-hybridized carbons (Fsp3) is 0.481. The summed E-state index contributed by atoms with van der Waals surface area (Å²) in [7, 11) is 3.31. The van der Waals surface area contributed by atoms with E-state index < -0.39 is 29.3 Å². The van der Waals surface area contributed by atoms with Gasteiger partial charge in [-0.25, -0.2) is 10.7 Å². The van der Waals surface area contributed by atoms with E-state index in [-0.39, 0.29) is 49.3 Å². The van der Waals surface area contributed by atoms with Crippen molar-refractivity contribution in [3.05, 3.63) is 90.3 Å². The van der Waals surface area contributed by atoms with Crippen LogP contribution in [0.3, 0.4) is 0 Å². The summed E-state index contributed by atoms with van der Waals surface area (Å²) in [6, 6.07) is 16.8. The molecule has 4 heterocycles. The van der Waals surface area contributed by atoms with Gasteiger partial charge in [-0.05, 0) is 98.0 Å². The number of fused-ring (bicyclic) bond motifs is 1. The monoisotopic (exact) mass is 917 g/mol. The molecule has 2 fully saturated rings. The average Bonchev–Trinajstić information content (AvgIpc) is 3.96. The number of nitrogens with one attached hydrogen (secondary N) is 2. The van der Waals surface area contributed by atoms with Crippen molar-refractivity contribution in [1.82, 2.24) is 35.1 Å². The smallest absolute Gasteiger partial charge is 0.293 e. The lowest BCUT2D eigenvalue weighted by molar-refractivity contribution is -0.145. The standard InChI is InChI=1S/C51H67N7O7.CHN/c1-10-44(60)56-25-21-38(30-56)49(62)55(8)46(33(3)4)48(61)54-42(50(63)58-24-13-12-23-53-58)27-35-16-14-17-36(26-35)37-19-20-43-40(28-37)41(29-51(6,7)31-65-32-59)47(57(43)11-2)39-18-15-22-52-45(39)34(5)64-9;1-2/h10,14-20,22,26,28,32-34,38,42,46,53H,1,11-13,21,23-25,27,29-31H2,2-9H3,(H,54,61);1H. The van der Waals surface area contributed by atoms with Crippen LogP contribution in [0.15, 0.2) is 73.4 Å². The average molecular weight is 917 g/mol. The molecular formula is C52H68N8O7. The highest BCUT2D eigenvalue weighted by Crippen LogP contribution is 2.42. The van der Waals surface area contributed by atoms with E-state index in [1.807, 2.05) is 45.0 Å². The van der Waals surface area contributed by atoms with Crippen molar-refractivity contribution in [1.29, 1.82) is 5.26 Å². The van der Waals surface area contributed by atoms with Gasteiger partial charge in [0.15, 0.2) is 0 Å². The predicted molar refractivity (Wildman–Crippen MR) is 259 cm³/mol. The second-order valence-corrected chi connectivity index (χ2v) is 18.5. The van der Waals surface area contributed by atoms with Crippen molar-refractivity contribution >= 4 is 41.0 Å². The number of amides is 4. The minimum Gasteiger partial charge on any atom is -0.467 e. The molecule has 4 unspecified atom stereocenters. The zero-order valence-electron chi connectivity index (χ0n) is 40.4. The van der Waals surface area contributed by atoms with Crippen molar-refractivity contribution in [2.45, 2.75) is 98.4 Å². The summed E-state index contributed by atoms with van der Waals surface area (Å²) in [5.74, 6) is -1.78. The SMILES string of the molecule is C#N.C=CC(=O)N1CCC(C(=O)N(C)C(C(=O)NC(Cc2cccc(-c3ccc4c(c3)c(CC(C)(C)COC=O)c(-c3cccnc3C(C)OC)n4CC)c2)C(=O)N2CCCCN2)C(C)C)C1. The first-order valence-corrected chi connectivity index (χ1v) is 23.2. The molecule has 4 amide bonds. The molecule has 2 aliphatic heterocycles. The number of hydrazine groups is 1. The third kappa shape index (κ3) is 12.0. The molecule has 2 aliphatic rings. The Balaban J connectivity index is 0.00000414. The normalized spacial score (nSPS) is 16.4. The topological polar surface area (TPSA) is 179 Å². The molecule has 2 aromatic heterocycles. The van der Waals surface area contributed by atoms with E-state index in [0.29, 0.717) is 45.5 Å². The quantitative estimate of drug-likeness (QED) is 0.0765. The number of carbonyl (C=O) groups excluding carboxylic acids is 5. The van der Waals surface area contributed by atoms with Gasteiger partial charge in [0.05, 0.1) is 30.0 Å². The Hall–Kier alpha value is -6.37. The van der Waals surface area contributed by atoms with Crippen LogP contribution >= 0.6 is 0 Å². The van der Waals surface area contributed by atoms with E-state index in [1.165, 1.54) is 11.0 Å². The second kappa shape index (κ2) is 23.4. The van der Waals surface area contributed by atoms with Gasteiger partial charge < -0.3 is 29.2 Å². The summed E-state index contributed by atoms with van der Waals surface area (Å²) in [6.45, 7) is 22.5. The molecule has 0 radical (unpaired) electrons. The zero-order valence-corrected chi connectivity index (χ0v) is 40.4. The van der Waals surface area contributed by atoms with Crippen LogP contribution in [-0.4, -0.2) is 113 Å². The van der Waals surface area contributed by atoms with Crippen LogP contribution in [-0.2, 0) is 52.8 Å². The minimum atomic E-state index is -0.922. The summed E-state index contributed by atoms with van der Waals surface area (Å²) >= 11 is 0. The molecule has 4 atom stereocenters. The molecule has 2 saturated heterocycles. The maximum atomic E-state index is 14.4. The van der Waals surface area contributed by atoms with Gasteiger partial charge in [0.2, 0.25) is 17.7 Å². The molecule has 4 aromatic rings. The maximum absolute atomic E-state index is 14.4. The molecule has 0 saturated carbocycles. The molecule has 15 heteroatoms. The molecule has 0 aliphatic carbocycles. The van der Waals surface area contributed by atoms with Gasteiger partial charge in [-0.15, -0.1) is 0 Å². The summed E-state index contributed by atoms with van der Waals surface area (Å²) in [4.78, 5) is 74.0. The Bertz CT molecular complexity index is 2420. The van der Waals surface area contributed by atoms with E-state index in [9.17, 15) is 24.0 Å². The van der Waals surface area contributed by atoms with Gasteiger partial charge >= 0.3 is 0 Å². The Labute approximate surface area is 395 Å². The van der Waals surface area contributed by atoms with Gasteiger partial charge in [0.1, 0.15) is 12.1 Å². The third-order valence-corrected chi connectivity index (χ3v) is 12.9. The van der Waals surface area contributed by atoms with Crippen LogP contribution in [0.2, 0.25) is 0 Å². The summed E-state index contributed by atoms with van der Waals surface area (Å²) in [5.41, 5.74) is 10.6. The molecule has 358 valence electrons. The number of carbonyl (C=O) groups is 5. The number of aromatic nitrogens is 2. The Morgan fingerprint density at radius 3 is 2.46 bits per heavy atom. The lowest BCUT2D eigenvalue weighted by atomic mass is 9.84. The second-order valence-electron chi connectivity index (χ2n) is 18.5. The molecule has 6 rings (SSSR count). The van der Waals surface area contributed by atoms with Gasteiger partial charge in [-0.3, -0.25) is 34.0 Å². The number of nitriles is 1. The first-order chi connectivity index (χ1) is 32.1. The van der Waals surface area contributed by atoms with Crippen LogP contribution in [0.25, 0.3) is 33.3 Å². The molecule has 2 aromatic carbocycles. The molecule has 2 N–H and O–H groups in total. The third-order valence-electron chi connectivity index (χ3n) is 12.9. The lowest BCUT2D eigenvalue weighted by Crippen LogP contribution is -2.59. The number of methoxy groups -OCH3 is 1. The van der Waals surface area contributed by atoms with Gasteiger partial charge in [-0.1, -0.05) is 64.6 Å². The van der Waals surface area contributed by atoms with E-state index in [4.69, 9.17) is 19.7 Å². The fourth-order valence-electron chi connectivity index (χ4n) is 9.54. The number of likely N-dealkylation sites (tertiary alicyclic amines) is 1. The van der Waals surface area contributed by atoms with Crippen molar-refractivity contribution in [2.24, 2.45) is 17.3 Å². The van der Waals surface area contributed by atoms with Gasteiger partial charge in [0.25, 0.3) is 12.4 Å². The first-order valence-electron chi connectivity index (χ1n) is 23.2. The van der Waals surface area contributed by atoms with Gasteiger partial charge in [0, 0.05) is 88.0 Å². The molecular weight excluding hydrogens is 849 g/mol. The Morgan fingerprint density at radius 2 is 1.81 bits per heavy atom. The van der Waals surface area contributed by atoms with Crippen molar-refractivity contribution in [3.8, 4) is 29.0 Å². The lowest BCUT2D eigenvalue weighted by Gasteiger charge is -2.35. The molecule has 15 nitrogen and oxygen atoms in total. The van der Waals surface area contributed by atoms with Crippen LogP contribution < -0.4 is 10.7 Å². The van der Waals surface area contributed by atoms with E-state index in [0.717, 1.165) is 62.9 Å². The van der Waals surface area contributed by atoms with Gasteiger partial charge in [-0.2, -0.15) is 0 Å². The van der Waals surface area contributed by atoms with Crippen molar-refractivity contribution < 1.29 is 33.4 Å². The maximum Gasteiger partial charge on any atom is 0.293 e. The van der Waals surface area contributed by atoms with Crippen molar-refractivity contribution in [3.63, 3.8) is 0 Å². The number of hydrogen-bond donors (Lipinski definition) is 2. The number of rotatable bonds is 19. The number of hydrogen-bond acceptors (Lipinski definition) is 10. The summed E-state index contributed by atoms with van der Waals surface area (Å²) < 4.78 is 13.4. The molecule has 67 heavy (non-hydrogen) atoms. The fourth-order valence-corrected chi connectivity index (χ4v) is 9.54. The van der Waals surface area contributed by atoms with Crippen LogP contribution in [0.5, 0.6) is 0 Å². The number of ether oxygens (including phenoxy) is 2. The summed E-state index contributed by atoms with van der Waals surface area (Å²) in [5, 5.41) is 12.3. The number of aryl methyl sites for hydroxylation is 1. The highest BCUT2D eigenvalue weighted by Gasteiger charge is 2.39. The zero-order chi connectivity index (χ0) is 49.0. The number of benzene rings is 2. The van der Waals surface area contributed by atoms with E-state index in [2.05, 4.69) is 79.6 Å². The van der Waals surface area contributed by atoms with Crippen molar-refractivity contribution in [2.75, 3.05) is 46.9 Å². The van der Waals surface area contributed by atoms with E-state index >= 15 is 0 Å². The predicted octanol–water partition coefficient (Wildman–Crippen LogP) is 6.65. The van der Waals surface area contributed by atoms with Crippen LogP contribution in [0, 0.1) is 29.1 Å². The highest BCUT2D eigenvalue weighted by atomic mass is 16.5. The Kier molecular flexibility index (Phi) is 18.0. The van der Waals surface area contributed by atoms with Crippen LogP contribution in [0.4, 0.5) is 0 Å². The highest BCUT2D eigenvalue weighted by molar-refractivity contribution is 5.96.